The molecule has 0 bridgehead atoms. The maximum absolute atomic E-state index is 5.23. The largest absolute Gasteiger partial charge is 0.383 e. The maximum Gasteiger partial charge on any atom is 0.0615 e. The predicted octanol–water partition coefficient (Wildman–Crippen LogP) is 1.59. The van der Waals surface area contributed by atoms with E-state index in [0.29, 0.717) is 11.5 Å². The highest BCUT2D eigenvalue weighted by Crippen LogP contribution is 2.35. The van der Waals surface area contributed by atoms with E-state index in [-0.39, 0.29) is 0 Å². The molecular weight excluding hydrogens is 200 g/mol. The quantitative estimate of drug-likeness (QED) is 0.747. The van der Waals surface area contributed by atoms with Crippen molar-refractivity contribution < 1.29 is 4.74 Å². The first-order valence-electron chi connectivity index (χ1n) is 6.42. The highest BCUT2D eigenvalue weighted by atomic mass is 16.5. The van der Waals surface area contributed by atoms with Crippen LogP contribution in [0.5, 0.6) is 0 Å². The molecule has 1 saturated heterocycles. The first kappa shape index (κ1) is 13.9. The van der Waals surface area contributed by atoms with Gasteiger partial charge < -0.3 is 15.0 Å². The van der Waals surface area contributed by atoms with Crippen molar-refractivity contribution in [2.45, 2.75) is 33.2 Å². The highest BCUT2D eigenvalue weighted by molar-refractivity contribution is 4.92. The van der Waals surface area contributed by atoms with E-state index in [2.05, 4.69) is 38.0 Å². The van der Waals surface area contributed by atoms with Gasteiger partial charge >= 0.3 is 0 Å². The van der Waals surface area contributed by atoms with E-state index in [4.69, 9.17) is 4.74 Å². The second-order valence-corrected chi connectivity index (χ2v) is 5.66. The first-order valence-corrected chi connectivity index (χ1v) is 6.42. The second kappa shape index (κ2) is 5.99. The lowest BCUT2D eigenvalue weighted by atomic mass is 9.76. The molecule has 3 heteroatoms. The van der Waals surface area contributed by atoms with Crippen LogP contribution in [0.1, 0.15) is 27.2 Å². The number of likely N-dealkylation sites (N-methyl/N-ethyl adjacent to an activating group) is 1. The van der Waals surface area contributed by atoms with Gasteiger partial charge in [0.05, 0.1) is 6.61 Å². The molecule has 3 nitrogen and oxygen atoms in total. The minimum Gasteiger partial charge on any atom is -0.383 e. The van der Waals surface area contributed by atoms with Crippen molar-refractivity contribution in [1.29, 1.82) is 0 Å². The molecule has 1 heterocycles. The SMILES string of the molecule is COCC(C)N(C)CC1(C(C)C)CCNC1. The Morgan fingerprint density at radius 1 is 1.38 bits per heavy atom. The fraction of sp³-hybridized carbons (Fsp3) is 1.00. The molecule has 0 spiro atoms. The average molecular weight is 228 g/mol. The Labute approximate surface area is 101 Å². The Morgan fingerprint density at radius 3 is 2.50 bits per heavy atom. The summed E-state index contributed by atoms with van der Waals surface area (Å²) in [6.45, 7) is 11.3. The van der Waals surface area contributed by atoms with Gasteiger partial charge in [-0.1, -0.05) is 13.8 Å². The van der Waals surface area contributed by atoms with E-state index in [1.54, 1.807) is 7.11 Å². The summed E-state index contributed by atoms with van der Waals surface area (Å²) in [6, 6.07) is 0.501. The van der Waals surface area contributed by atoms with Crippen molar-refractivity contribution in [3.8, 4) is 0 Å². The third kappa shape index (κ3) is 3.19. The van der Waals surface area contributed by atoms with Crippen LogP contribution < -0.4 is 5.32 Å². The summed E-state index contributed by atoms with van der Waals surface area (Å²) in [4.78, 5) is 2.44. The third-order valence-corrected chi connectivity index (χ3v) is 4.23. The van der Waals surface area contributed by atoms with Crippen LogP contribution in [0.25, 0.3) is 0 Å². The number of nitrogens with one attached hydrogen (secondary N) is 1. The Hall–Kier alpha value is -0.120. The summed E-state index contributed by atoms with van der Waals surface area (Å²) >= 11 is 0. The van der Waals surface area contributed by atoms with Gasteiger partial charge in [0.1, 0.15) is 0 Å². The highest BCUT2D eigenvalue weighted by Gasteiger charge is 2.38. The number of ether oxygens (including phenoxy) is 1. The van der Waals surface area contributed by atoms with Crippen molar-refractivity contribution >= 4 is 0 Å². The molecule has 1 aliphatic heterocycles. The predicted molar refractivity (Wildman–Crippen MR) is 68.7 cm³/mol. The topological polar surface area (TPSA) is 24.5 Å². The molecule has 2 atom stereocenters. The summed E-state index contributed by atoms with van der Waals surface area (Å²) < 4.78 is 5.23. The fourth-order valence-electron chi connectivity index (χ4n) is 2.59. The molecule has 2 unspecified atom stereocenters. The van der Waals surface area contributed by atoms with Gasteiger partial charge in [0.25, 0.3) is 0 Å². The average Bonchev–Trinajstić information content (AvgIpc) is 2.68. The Bertz CT molecular complexity index is 200. The Balaban J connectivity index is 2.55. The van der Waals surface area contributed by atoms with Gasteiger partial charge in [-0.05, 0) is 38.3 Å². The monoisotopic (exact) mass is 228 g/mol. The van der Waals surface area contributed by atoms with Gasteiger partial charge in [0.15, 0.2) is 0 Å². The van der Waals surface area contributed by atoms with Gasteiger partial charge in [-0.2, -0.15) is 0 Å². The minimum atomic E-state index is 0.455. The number of nitrogens with zero attached hydrogens (tertiary/aromatic N) is 1. The molecule has 0 aromatic carbocycles. The molecule has 96 valence electrons. The summed E-state index contributed by atoms with van der Waals surface area (Å²) in [5, 5.41) is 3.51. The van der Waals surface area contributed by atoms with Crippen molar-refractivity contribution in [3.05, 3.63) is 0 Å². The van der Waals surface area contributed by atoms with Gasteiger partial charge in [-0.25, -0.2) is 0 Å². The zero-order chi connectivity index (χ0) is 12.2. The molecule has 0 saturated carbocycles. The lowest BCUT2D eigenvalue weighted by Gasteiger charge is -2.38. The van der Waals surface area contributed by atoms with Crippen LogP contribution >= 0.6 is 0 Å². The fourth-order valence-corrected chi connectivity index (χ4v) is 2.59. The van der Waals surface area contributed by atoms with E-state index < -0.39 is 0 Å². The molecule has 16 heavy (non-hydrogen) atoms. The van der Waals surface area contributed by atoms with Crippen molar-refractivity contribution in [3.63, 3.8) is 0 Å². The summed E-state index contributed by atoms with van der Waals surface area (Å²) in [6.07, 6.45) is 1.30. The van der Waals surface area contributed by atoms with Gasteiger partial charge in [0.2, 0.25) is 0 Å². The zero-order valence-corrected chi connectivity index (χ0v) is 11.5. The van der Waals surface area contributed by atoms with Gasteiger partial charge in [0, 0.05) is 26.2 Å². The minimum absolute atomic E-state index is 0.455. The molecule has 0 aromatic heterocycles. The van der Waals surface area contributed by atoms with E-state index in [1.165, 1.54) is 19.5 Å². The molecule has 0 aliphatic carbocycles. The van der Waals surface area contributed by atoms with Crippen molar-refractivity contribution in [1.82, 2.24) is 10.2 Å². The smallest absolute Gasteiger partial charge is 0.0615 e. The molecule has 1 fully saturated rings. The molecule has 1 rings (SSSR count). The Kier molecular flexibility index (Phi) is 5.22. The number of hydrogen-bond acceptors (Lipinski definition) is 3. The van der Waals surface area contributed by atoms with Crippen LogP contribution in [0.3, 0.4) is 0 Å². The summed E-state index contributed by atoms with van der Waals surface area (Å²) in [5.74, 6) is 0.736. The van der Waals surface area contributed by atoms with Crippen LogP contribution in [-0.4, -0.2) is 51.3 Å². The number of methoxy groups -OCH3 is 1. The molecule has 0 aromatic rings. The first-order chi connectivity index (χ1) is 7.52. The van der Waals surface area contributed by atoms with Crippen LogP contribution in [0, 0.1) is 11.3 Å². The normalized spacial score (nSPS) is 27.9. The standard InChI is InChI=1S/C13H28N2O/c1-11(2)13(6-7-14-9-13)10-15(4)12(3)8-16-5/h11-12,14H,6-10H2,1-5H3. The van der Waals surface area contributed by atoms with E-state index in [9.17, 15) is 0 Å². The zero-order valence-electron chi connectivity index (χ0n) is 11.5. The Morgan fingerprint density at radius 2 is 2.06 bits per heavy atom. The second-order valence-electron chi connectivity index (χ2n) is 5.66. The molecule has 0 amide bonds. The van der Waals surface area contributed by atoms with Crippen molar-refractivity contribution in [2.75, 3.05) is 40.4 Å². The summed E-state index contributed by atoms with van der Waals surface area (Å²) in [7, 11) is 3.99. The molecule has 0 radical (unpaired) electrons. The number of hydrogen-bond donors (Lipinski definition) is 1. The van der Waals surface area contributed by atoms with Crippen molar-refractivity contribution in [2.24, 2.45) is 11.3 Å². The lowest BCUT2D eigenvalue weighted by molar-refractivity contribution is 0.0679. The van der Waals surface area contributed by atoms with E-state index in [0.717, 1.165) is 19.1 Å². The van der Waals surface area contributed by atoms with Crippen LogP contribution in [-0.2, 0) is 4.74 Å². The van der Waals surface area contributed by atoms with Gasteiger partial charge in [-0.15, -0.1) is 0 Å². The molecular formula is C13H28N2O. The summed E-state index contributed by atoms with van der Waals surface area (Å²) in [5.41, 5.74) is 0.455. The van der Waals surface area contributed by atoms with E-state index >= 15 is 0 Å². The number of rotatable bonds is 6. The maximum atomic E-state index is 5.23. The van der Waals surface area contributed by atoms with E-state index in [1.807, 2.05) is 0 Å². The molecule has 1 aliphatic rings. The van der Waals surface area contributed by atoms with Crippen LogP contribution in [0.2, 0.25) is 0 Å². The van der Waals surface area contributed by atoms with Crippen LogP contribution in [0.15, 0.2) is 0 Å². The molecule has 1 N–H and O–H groups in total. The van der Waals surface area contributed by atoms with Gasteiger partial charge in [-0.3, -0.25) is 0 Å². The lowest BCUT2D eigenvalue weighted by Crippen LogP contribution is -2.45. The van der Waals surface area contributed by atoms with Crippen LogP contribution in [0.4, 0.5) is 0 Å². The third-order valence-electron chi connectivity index (χ3n) is 4.23.